The highest BCUT2D eigenvalue weighted by molar-refractivity contribution is 14.1. The maximum Gasteiger partial charge on any atom is 0.266 e. The smallest absolute Gasteiger partial charge is 0.266 e. The first-order chi connectivity index (χ1) is 16.9. The van der Waals surface area contributed by atoms with E-state index in [-0.39, 0.29) is 12.2 Å². The van der Waals surface area contributed by atoms with Gasteiger partial charge in [-0.1, -0.05) is 48.3 Å². The van der Waals surface area contributed by atoms with Gasteiger partial charge in [-0.3, -0.25) is 4.79 Å². The number of benzene rings is 3. The predicted molar refractivity (Wildman–Crippen MR) is 149 cm³/mol. The molecular weight excluding hydrogens is 598 g/mol. The fourth-order valence-electron chi connectivity index (χ4n) is 3.23. The Bertz CT molecular complexity index is 1260. The lowest BCUT2D eigenvalue weighted by atomic mass is 10.1. The Morgan fingerprint density at radius 3 is 2.37 bits per heavy atom. The van der Waals surface area contributed by atoms with E-state index in [0.717, 1.165) is 15.6 Å². The number of ether oxygens (including phenoxy) is 2. The summed E-state index contributed by atoms with van der Waals surface area (Å²) in [5.74, 6) is 0.527. The number of aryl methyl sites for hydroxylation is 1. The van der Waals surface area contributed by atoms with Crippen LogP contribution >= 0.6 is 45.8 Å². The zero-order valence-corrected chi connectivity index (χ0v) is 22.9. The molecule has 35 heavy (non-hydrogen) atoms. The zero-order chi connectivity index (χ0) is 25.4. The van der Waals surface area contributed by atoms with Crippen molar-refractivity contribution in [3.05, 3.63) is 90.5 Å². The highest BCUT2D eigenvalue weighted by Gasteiger charge is 2.16. The van der Waals surface area contributed by atoms with Crippen molar-refractivity contribution >= 4 is 63.5 Å². The van der Waals surface area contributed by atoms with Gasteiger partial charge in [-0.05, 0) is 89.5 Å². The van der Waals surface area contributed by atoms with Crippen molar-refractivity contribution in [1.82, 2.24) is 0 Å². The number of nitriles is 1. The average molecular weight is 621 g/mol. The van der Waals surface area contributed by atoms with Crippen LogP contribution in [0.2, 0.25) is 10.0 Å². The summed E-state index contributed by atoms with van der Waals surface area (Å²) in [4.78, 5) is 12.7. The van der Waals surface area contributed by atoms with Crippen LogP contribution in [0.25, 0.3) is 6.08 Å². The van der Waals surface area contributed by atoms with Crippen LogP contribution in [-0.4, -0.2) is 12.5 Å². The summed E-state index contributed by atoms with van der Waals surface area (Å²) < 4.78 is 12.6. The Morgan fingerprint density at radius 2 is 1.77 bits per heavy atom. The van der Waals surface area contributed by atoms with Gasteiger partial charge in [0.05, 0.1) is 10.2 Å². The molecule has 5 nitrogen and oxygen atoms in total. The van der Waals surface area contributed by atoms with Gasteiger partial charge in [-0.25, -0.2) is 0 Å². The lowest BCUT2D eigenvalue weighted by Gasteiger charge is -2.16. The second kappa shape index (κ2) is 12.8. The van der Waals surface area contributed by atoms with Crippen molar-refractivity contribution in [3.8, 4) is 17.6 Å². The van der Waals surface area contributed by atoms with E-state index in [9.17, 15) is 10.1 Å². The molecule has 0 aliphatic carbocycles. The molecule has 0 atom stereocenters. The number of anilines is 1. The van der Waals surface area contributed by atoms with Gasteiger partial charge in [0.15, 0.2) is 11.5 Å². The summed E-state index contributed by atoms with van der Waals surface area (Å²) in [5.41, 5.74) is 3.07. The molecule has 0 saturated carbocycles. The third-order valence-corrected chi connectivity index (χ3v) is 6.56. The van der Waals surface area contributed by atoms with Gasteiger partial charge in [0.1, 0.15) is 18.2 Å². The van der Waals surface area contributed by atoms with Gasteiger partial charge in [-0.2, -0.15) is 5.26 Å². The molecule has 3 aromatic carbocycles. The largest absolute Gasteiger partial charge is 0.490 e. The monoisotopic (exact) mass is 620 g/mol. The SMILES string of the molecule is CCOc1cc(/C=C(/C#N)C(=O)Nc2ccc(CC)cc2)cc(I)c1OCc1c(Cl)cccc1Cl. The minimum absolute atomic E-state index is 0.0284. The molecule has 0 aromatic heterocycles. The van der Waals surface area contributed by atoms with Gasteiger partial charge < -0.3 is 14.8 Å². The molecule has 0 aliphatic heterocycles. The number of hydrogen-bond acceptors (Lipinski definition) is 4. The average Bonchev–Trinajstić information content (AvgIpc) is 2.84. The summed E-state index contributed by atoms with van der Waals surface area (Å²) in [5, 5.41) is 13.4. The van der Waals surface area contributed by atoms with Gasteiger partial charge in [0.2, 0.25) is 0 Å². The topological polar surface area (TPSA) is 71.3 Å². The second-order valence-corrected chi connectivity index (χ2v) is 9.40. The number of halogens is 3. The van der Waals surface area contributed by atoms with Crippen molar-refractivity contribution in [2.75, 3.05) is 11.9 Å². The molecule has 3 rings (SSSR count). The molecule has 0 unspecified atom stereocenters. The van der Waals surface area contributed by atoms with Crippen molar-refractivity contribution in [1.29, 1.82) is 5.26 Å². The highest BCUT2D eigenvalue weighted by Crippen LogP contribution is 2.36. The van der Waals surface area contributed by atoms with Crippen LogP contribution in [0.1, 0.15) is 30.5 Å². The Kier molecular flexibility index (Phi) is 9.84. The minimum Gasteiger partial charge on any atom is -0.490 e. The van der Waals surface area contributed by atoms with Crippen LogP contribution < -0.4 is 14.8 Å². The molecule has 0 radical (unpaired) electrons. The lowest BCUT2D eigenvalue weighted by molar-refractivity contribution is -0.112. The number of carbonyl (C=O) groups excluding carboxylic acids is 1. The molecule has 3 aromatic rings. The Labute approximate surface area is 228 Å². The van der Waals surface area contributed by atoms with Gasteiger partial charge in [0.25, 0.3) is 5.91 Å². The standard InChI is InChI=1S/C27H23Cl2IN2O3/c1-3-17-8-10-20(11-9-17)32-27(33)19(15-31)12-18-13-24(30)26(25(14-18)34-4-2)35-16-21-22(28)6-5-7-23(21)29/h5-14H,3-4,16H2,1-2H3,(H,32,33)/b19-12-. The van der Waals surface area contributed by atoms with Crippen molar-refractivity contribution < 1.29 is 14.3 Å². The van der Waals surface area contributed by atoms with E-state index in [2.05, 4.69) is 34.8 Å². The summed E-state index contributed by atoms with van der Waals surface area (Å²) in [6, 6.07) is 18.3. The molecule has 0 fully saturated rings. The maximum atomic E-state index is 12.7. The predicted octanol–water partition coefficient (Wildman–Crippen LogP) is 7.68. The number of carbonyl (C=O) groups is 1. The fraction of sp³-hybridized carbons (Fsp3) is 0.185. The molecule has 1 amide bonds. The van der Waals surface area contributed by atoms with Crippen molar-refractivity contribution in [2.45, 2.75) is 26.9 Å². The van der Waals surface area contributed by atoms with Crippen molar-refractivity contribution in [2.24, 2.45) is 0 Å². The maximum absolute atomic E-state index is 12.7. The summed E-state index contributed by atoms with van der Waals surface area (Å²) in [7, 11) is 0. The molecule has 0 spiro atoms. The molecule has 0 heterocycles. The first kappa shape index (κ1) is 26.9. The van der Waals surface area contributed by atoms with E-state index in [4.69, 9.17) is 32.7 Å². The molecule has 0 aliphatic rings. The number of hydrogen-bond donors (Lipinski definition) is 1. The normalized spacial score (nSPS) is 11.0. The highest BCUT2D eigenvalue weighted by atomic mass is 127. The second-order valence-electron chi connectivity index (χ2n) is 7.43. The lowest BCUT2D eigenvalue weighted by Crippen LogP contribution is -2.13. The quantitative estimate of drug-likeness (QED) is 0.151. The van der Waals surface area contributed by atoms with Crippen LogP contribution in [0.5, 0.6) is 11.5 Å². The number of nitrogens with zero attached hydrogens (tertiary/aromatic N) is 1. The van der Waals surface area contributed by atoms with E-state index < -0.39 is 5.91 Å². The third-order valence-electron chi connectivity index (χ3n) is 5.05. The van der Waals surface area contributed by atoms with E-state index in [1.165, 1.54) is 6.08 Å². The summed E-state index contributed by atoms with van der Waals surface area (Å²) in [6.07, 6.45) is 2.43. The Morgan fingerprint density at radius 1 is 1.09 bits per heavy atom. The molecular formula is C27H23Cl2IN2O3. The molecule has 180 valence electrons. The van der Waals surface area contributed by atoms with E-state index in [1.54, 1.807) is 24.3 Å². The van der Waals surface area contributed by atoms with E-state index in [0.29, 0.717) is 45.0 Å². The molecule has 8 heteroatoms. The van der Waals surface area contributed by atoms with Crippen LogP contribution in [-0.2, 0) is 17.8 Å². The van der Waals surface area contributed by atoms with E-state index in [1.807, 2.05) is 43.3 Å². The molecule has 0 saturated heterocycles. The van der Waals surface area contributed by atoms with Crippen LogP contribution in [0.15, 0.2) is 60.2 Å². The first-order valence-electron chi connectivity index (χ1n) is 10.9. The zero-order valence-electron chi connectivity index (χ0n) is 19.2. The fourth-order valence-corrected chi connectivity index (χ4v) is 4.51. The minimum atomic E-state index is -0.488. The number of nitrogens with one attached hydrogen (secondary N) is 1. The summed E-state index contributed by atoms with van der Waals surface area (Å²) >= 11 is 14.7. The Balaban J connectivity index is 1.85. The van der Waals surface area contributed by atoms with E-state index >= 15 is 0 Å². The number of amides is 1. The third kappa shape index (κ3) is 7.14. The van der Waals surface area contributed by atoms with Gasteiger partial charge in [0, 0.05) is 21.3 Å². The first-order valence-corrected chi connectivity index (χ1v) is 12.7. The van der Waals surface area contributed by atoms with Gasteiger partial charge >= 0.3 is 0 Å². The van der Waals surface area contributed by atoms with Crippen LogP contribution in [0.4, 0.5) is 5.69 Å². The summed E-state index contributed by atoms with van der Waals surface area (Å²) in [6.45, 7) is 4.49. The Hall–Kier alpha value is -2.73. The number of rotatable bonds is 9. The van der Waals surface area contributed by atoms with Crippen LogP contribution in [0, 0.1) is 14.9 Å². The van der Waals surface area contributed by atoms with Gasteiger partial charge in [-0.15, -0.1) is 0 Å². The van der Waals surface area contributed by atoms with Crippen LogP contribution in [0.3, 0.4) is 0 Å². The molecule has 0 bridgehead atoms. The molecule has 1 N–H and O–H groups in total. The van der Waals surface area contributed by atoms with Crippen molar-refractivity contribution in [3.63, 3.8) is 0 Å².